The van der Waals surface area contributed by atoms with Crippen LogP contribution in [0, 0.1) is 17.2 Å². The molecule has 0 aromatic rings. The summed E-state index contributed by atoms with van der Waals surface area (Å²) in [6.07, 6.45) is 4.45. The Morgan fingerprint density at radius 2 is 2.22 bits per heavy atom. The summed E-state index contributed by atoms with van der Waals surface area (Å²) in [5.74, 6) is 0.606. The second kappa shape index (κ2) is 5.62. The molecule has 0 rings (SSSR count). The summed E-state index contributed by atoms with van der Waals surface area (Å²) in [6, 6.07) is 2.18. The van der Waals surface area contributed by atoms with Crippen LogP contribution >= 0.6 is 0 Å². The van der Waals surface area contributed by atoms with Gasteiger partial charge in [0.1, 0.15) is 0 Å². The number of hydrogen-bond acceptors (Lipinski definition) is 1. The highest BCUT2D eigenvalue weighted by atomic mass is 14.2. The Morgan fingerprint density at radius 1 is 1.56 bits per heavy atom. The molecule has 0 saturated carbocycles. The predicted molar refractivity (Wildman–Crippen MR) is 38.9 cm³/mol. The van der Waals surface area contributed by atoms with Crippen molar-refractivity contribution in [3.8, 4) is 6.07 Å². The molecule has 0 aliphatic rings. The molecule has 0 bridgehead atoms. The number of hydrogen-bond donors (Lipinski definition) is 0. The maximum absolute atomic E-state index is 8.29. The molecule has 0 spiro atoms. The normalized spacial score (nSPS) is 12.6. The first-order chi connectivity index (χ1) is 4.31. The quantitative estimate of drug-likeness (QED) is 0.566. The van der Waals surface area contributed by atoms with Crippen LogP contribution in [0.15, 0.2) is 0 Å². The molecule has 0 fully saturated rings. The number of nitrogens with zero attached hydrogens (tertiary/aromatic N) is 1. The highest BCUT2D eigenvalue weighted by Crippen LogP contribution is 2.09. The van der Waals surface area contributed by atoms with Crippen molar-refractivity contribution in [1.82, 2.24) is 0 Å². The van der Waals surface area contributed by atoms with Gasteiger partial charge in [0.15, 0.2) is 0 Å². The van der Waals surface area contributed by atoms with Crippen LogP contribution in [0.4, 0.5) is 0 Å². The minimum absolute atomic E-state index is 0.606. The van der Waals surface area contributed by atoms with Gasteiger partial charge in [-0.15, -0.1) is 0 Å². The van der Waals surface area contributed by atoms with Crippen molar-refractivity contribution in [1.29, 1.82) is 5.26 Å². The molecule has 9 heavy (non-hydrogen) atoms. The fraction of sp³-hybridized carbons (Fsp3) is 0.875. The first kappa shape index (κ1) is 8.49. The fourth-order valence-electron chi connectivity index (χ4n) is 0.810. The van der Waals surface area contributed by atoms with Crippen LogP contribution in [0.5, 0.6) is 0 Å². The molecule has 1 heteroatoms. The van der Waals surface area contributed by atoms with Gasteiger partial charge < -0.3 is 0 Å². The maximum atomic E-state index is 8.29. The summed E-state index contributed by atoms with van der Waals surface area (Å²) in [5, 5.41) is 8.29. The number of unbranched alkanes of at least 4 members (excludes halogenated alkanes) is 1. The van der Waals surface area contributed by atoms with E-state index in [1.54, 1.807) is 0 Å². The van der Waals surface area contributed by atoms with Crippen molar-refractivity contribution >= 4 is 0 Å². The minimum atomic E-state index is 0.606. The number of nitriles is 1. The fourth-order valence-corrected chi connectivity index (χ4v) is 0.810. The molecule has 0 radical (unpaired) electrons. The van der Waals surface area contributed by atoms with Crippen LogP contribution in [-0.4, -0.2) is 0 Å². The van der Waals surface area contributed by atoms with Crippen molar-refractivity contribution in [2.45, 2.75) is 39.5 Å². The first-order valence-electron chi connectivity index (χ1n) is 3.68. The molecule has 0 amide bonds. The van der Waals surface area contributed by atoms with Gasteiger partial charge in [-0.1, -0.05) is 26.7 Å². The summed E-state index contributed by atoms with van der Waals surface area (Å²) in [6.45, 7) is 4.32. The Morgan fingerprint density at radius 3 is 2.67 bits per heavy atom. The average molecular weight is 125 g/mol. The van der Waals surface area contributed by atoms with E-state index in [0.717, 1.165) is 6.42 Å². The summed E-state index contributed by atoms with van der Waals surface area (Å²) in [5.41, 5.74) is 0. The van der Waals surface area contributed by atoms with Crippen LogP contribution in [0.3, 0.4) is 0 Å². The standard InChI is InChI=1S/C8H15N/c1-3-4-5-8(2)6-7-9/h8H,3-6H2,1-2H3/t8-/m1/s1. The molecule has 1 nitrogen and oxygen atoms in total. The van der Waals surface area contributed by atoms with Crippen molar-refractivity contribution in [2.24, 2.45) is 5.92 Å². The second-order valence-corrected chi connectivity index (χ2v) is 2.61. The molecule has 0 unspecified atom stereocenters. The molecular weight excluding hydrogens is 110 g/mol. The highest BCUT2D eigenvalue weighted by molar-refractivity contribution is 4.72. The molecule has 0 aromatic carbocycles. The van der Waals surface area contributed by atoms with Crippen LogP contribution < -0.4 is 0 Å². The monoisotopic (exact) mass is 125 g/mol. The Bertz CT molecular complexity index is 91.2. The Labute approximate surface area is 57.7 Å². The van der Waals surface area contributed by atoms with E-state index in [1.807, 2.05) is 0 Å². The lowest BCUT2D eigenvalue weighted by Crippen LogP contribution is -1.91. The lowest BCUT2D eigenvalue weighted by molar-refractivity contribution is 0.516. The topological polar surface area (TPSA) is 23.8 Å². The Kier molecular flexibility index (Phi) is 5.30. The zero-order valence-corrected chi connectivity index (χ0v) is 6.35. The zero-order chi connectivity index (χ0) is 7.11. The smallest absolute Gasteiger partial charge is 0.0624 e. The van der Waals surface area contributed by atoms with Crippen LogP contribution in [0.2, 0.25) is 0 Å². The van der Waals surface area contributed by atoms with E-state index >= 15 is 0 Å². The maximum Gasteiger partial charge on any atom is 0.0624 e. The highest BCUT2D eigenvalue weighted by Gasteiger charge is 1.97. The first-order valence-corrected chi connectivity index (χ1v) is 3.68. The molecule has 0 N–H and O–H groups in total. The molecule has 0 heterocycles. The SMILES string of the molecule is CCCC[C@@H](C)CC#N. The van der Waals surface area contributed by atoms with E-state index in [4.69, 9.17) is 5.26 Å². The molecule has 0 saturated heterocycles. The largest absolute Gasteiger partial charge is 0.198 e. The predicted octanol–water partition coefficient (Wildman–Crippen LogP) is 2.73. The molecule has 52 valence electrons. The summed E-state index contributed by atoms with van der Waals surface area (Å²) < 4.78 is 0. The van der Waals surface area contributed by atoms with E-state index in [-0.39, 0.29) is 0 Å². The van der Waals surface area contributed by atoms with Gasteiger partial charge in [-0.05, 0) is 12.3 Å². The van der Waals surface area contributed by atoms with Gasteiger partial charge in [-0.3, -0.25) is 0 Å². The van der Waals surface area contributed by atoms with E-state index in [0.29, 0.717) is 5.92 Å². The van der Waals surface area contributed by atoms with Crippen molar-refractivity contribution < 1.29 is 0 Å². The van der Waals surface area contributed by atoms with Gasteiger partial charge in [0.2, 0.25) is 0 Å². The lowest BCUT2D eigenvalue weighted by atomic mass is 10.0. The molecule has 1 atom stereocenters. The van der Waals surface area contributed by atoms with Crippen molar-refractivity contribution in [3.63, 3.8) is 0 Å². The summed E-state index contributed by atoms with van der Waals surface area (Å²) in [7, 11) is 0. The van der Waals surface area contributed by atoms with E-state index in [9.17, 15) is 0 Å². The third-order valence-electron chi connectivity index (χ3n) is 1.49. The van der Waals surface area contributed by atoms with Crippen LogP contribution in [-0.2, 0) is 0 Å². The van der Waals surface area contributed by atoms with Gasteiger partial charge in [0.05, 0.1) is 6.07 Å². The Hall–Kier alpha value is -0.510. The zero-order valence-electron chi connectivity index (χ0n) is 6.35. The lowest BCUT2D eigenvalue weighted by Gasteiger charge is -2.02. The second-order valence-electron chi connectivity index (χ2n) is 2.61. The van der Waals surface area contributed by atoms with Gasteiger partial charge in [0, 0.05) is 6.42 Å². The summed E-state index contributed by atoms with van der Waals surface area (Å²) in [4.78, 5) is 0. The molecule has 0 aliphatic carbocycles. The van der Waals surface area contributed by atoms with E-state index in [2.05, 4.69) is 19.9 Å². The summed E-state index contributed by atoms with van der Waals surface area (Å²) >= 11 is 0. The van der Waals surface area contributed by atoms with E-state index in [1.165, 1.54) is 19.3 Å². The molecular formula is C8H15N. The van der Waals surface area contributed by atoms with Gasteiger partial charge in [-0.2, -0.15) is 5.26 Å². The third kappa shape index (κ3) is 5.36. The molecule has 0 aromatic heterocycles. The van der Waals surface area contributed by atoms with Crippen molar-refractivity contribution in [2.75, 3.05) is 0 Å². The minimum Gasteiger partial charge on any atom is -0.198 e. The third-order valence-corrected chi connectivity index (χ3v) is 1.49. The van der Waals surface area contributed by atoms with Crippen LogP contribution in [0.25, 0.3) is 0 Å². The number of rotatable bonds is 4. The van der Waals surface area contributed by atoms with E-state index < -0.39 is 0 Å². The van der Waals surface area contributed by atoms with Gasteiger partial charge >= 0.3 is 0 Å². The average Bonchev–Trinajstić information content (AvgIpc) is 1.85. The molecule has 0 aliphatic heterocycles. The Balaban J connectivity index is 3.08. The van der Waals surface area contributed by atoms with Gasteiger partial charge in [-0.25, -0.2) is 0 Å². The van der Waals surface area contributed by atoms with Crippen LogP contribution in [0.1, 0.15) is 39.5 Å². The van der Waals surface area contributed by atoms with Crippen molar-refractivity contribution in [3.05, 3.63) is 0 Å². The van der Waals surface area contributed by atoms with Gasteiger partial charge in [0.25, 0.3) is 0 Å².